The van der Waals surface area contributed by atoms with Crippen LogP contribution in [0.25, 0.3) is 121 Å². The van der Waals surface area contributed by atoms with Gasteiger partial charge in [-0.1, -0.05) is 188 Å². The van der Waals surface area contributed by atoms with Gasteiger partial charge in [0.2, 0.25) is 0 Å². The number of hydrogen-bond acceptors (Lipinski definition) is 18. The molecular weight excluding hydrogens is 1500 g/mol. The molecule has 0 N–H and O–H groups in total. The Morgan fingerprint density at radius 2 is 0.676 bits per heavy atom. The molecule has 12 heterocycles. The van der Waals surface area contributed by atoms with E-state index < -0.39 is 0 Å². The molecule has 0 atom stereocenters. The summed E-state index contributed by atoms with van der Waals surface area (Å²) in [6, 6.07) is 89.5. The summed E-state index contributed by atoms with van der Waals surface area (Å²) in [4.78, 5) is 49.8. The van der Waals surface area contributed by atoms with E-state index in [-0.39, 0.29) is 80.4 Å². The maximum Gasteiger partial charge on any atom is 0.0964 e. The molecule has 0 amide bonds. The summed E-state index contributed by atoms with van der Waals surface area (Å²) < 4.78 is 16.4. The minimum atomic E-state index is 0. The smallest absolute Gasteiger partial charge is 0.0964 e. The van der Waals surface area contributed by atoms with Crippen LogP contribution in [0.15, 0.2) is 347 Å². The SMILES string of the molecule is [Y].[Y].c1cc2nccnc2cn1.c1cc2nsnc2cn1.c1ccc2[n-]cnc2c1.c1ccc2[n-]nnc2c1.c1ccc2ccccc2c1.c1ccc2n[se]nc2c1.c1ccc2nc3ccccc3nc2c1.c1ccccc1.c1cnc2c(c1)ccc1cccnc12.c1cnc2ccncc2c1. The monoisotopic (exact) mass is 1560 g/mol. The van der Waals surface area contributed by atoms with Gasteiger partial charge in [0.1, 0.15) is 16.6 Å². The molecule has 0 aliphatic rings. The van der Waals surface area contributed by atoms with Gasteiger partial charge in [-0.25, -0.2) is 9.97 Å². The molecule has 488 valence electrons. The van der Waals surface area contributed by atoms with Crippen molar-refractivity contribution in [3.8, 4) is 0 Å². The molecular formula is C79H57N19SSeY2-2. The summed E-state index contributed by atoms with van der Waals surface area (Å²) in [5.41, 5.74) is 16.0. The van der Waals surface area contributed by atoms with Gasteiger partial charge >= 0.3 is 58.2 Å². The predicted molar refractivity (Wildman–Crippen MR) is 401 cm³/mol. The number of pyridine rings is 6. The van der Waals surface area contributed by atoms with Crippen LogP contribution < -0.4 is 10.1 Å². The van der Waals surface area contributed by atoms with Crippen LogP contribution in [0.4, 0.5) is 0 Å². The Morgan fingerprint density at radius 3 is 1.20 bits per heavy atom. The standard InChI is InChI=1S/2C12H8N2.C10H8.C8H6N2.C7H5N3.C7H5N2.C6H4N3.C6H4N2Se.C6H6.C5H3N3S.2Y/c1-3-9-5-6-10-4-2-8-14-12(10)11(9)13-7-1;1-2-6-10-9(5-1)13-11-7-3-4-8-12(11)14-10;1-2-6-10-8-4-3-7-9(10)5-1;1-2-7-6-9-5-3-8(7)10-4-1;1-2-8-5-7-6(1)9-3-4-10-7;1-2-4-7-6(3-1)8-5-9-7;2*1-2-4-6-5(3-1)7-9-8-6;1-2-4-6-5-3-1;1-2-6-3-5-4(1)7-9-8-5;;/h2*1-8H;1-8H;1-6H;1-5H;1-5H;2*1-4H;1-6H;1-3H;;/q;;;;;2*-1;;;;;. The maximum absolute atomic E-state index is 4.52. The summed E-state index contributed by atoms with van der Waals surface area (Å²) in [6.07, 6.45) is 20.7. The van der Waals surface area contributed by atoms with Crippen LogP contribution in [-0.4, -0.2) is 96.8 Å². The first-order valence-corrected chi connectivity index (χ1v) is 33.4. The first-order valence-electron chi connectivity index (χ1n) is 31.2. The molecule has 0 fully saturated rings. The maximum atomic E-state index is 4.52. The second kappa shape index (κ2) is 40.2. The molecule has 19 nitrogen and oxygen atoms in total. The number of imidazole rings is 1. The third-order valence-electron chi connectivity index (χ3n) is 14.3. The summed E-state index contributed by atoms with van der Waals surface area (Å²) in [5.74, 6) is 0. The molecule has 2 radical (unpaired) electrons. The topological polar surface area (TPSA) is 247 Å². The average Bonchev–Trinajstić information content (AvgIpc) is 1.06. The summed E-state index contributed by atoms with van der Waals surface area (Å²) in [7, 11) is 0. The number of benzene rings is 9. The number of nitrogens with zero attached hydrogens (tertiary/aromatic N) is 19. The van der Waals surface area contributed by atoms with E-state index in [1.54, 1.807) is 68.3 Å². The second-order valence-electron chi connectivity index (χ2n) is 20.9. The summed E-state index contributed by atoms with van der Waals surface area (Å²) >= 11 is 1.34. The fourth-order valence-corrected chi connectivity index (χ4v) is 11.1. The minimum absolute atomic E-state index is 0. The Kier molecular flexibility index (Phi) is 29.0. The molecule has 0 bridgehead atoms. The Hall–Kier alpha value is -11.1. The fraction of sp³-hybridized carbons (Fsp3) is 0. The third kappa shape index (κ3) is 21.7. The van der Waals surface area contributed by atoms with Gasteiger partial charge in [0.05, 0.1) is 68.3 Å². The van der Waals surface area contributed by atoms with Crippen molar-refractivity contribution >= 4 is 147 Å². The number of rotatable bonds is 0. The van der Waals surface area contributed by atoms with Crippen LogP contribution in [0.3, 0.4) is 0 Å². The molecule has 0 unspecified atom stereocenters. The van der Waals surface area contributed by atoms with Crippen LogP contribution in [0.5, 0.6) is 0 Å². The van der Waals surface area contributed by atoms with Gasteiger partial charge in [-0.05, 0) is 99.6 Å². The van der Waals surface area contributed by atoms with Crippen LogP contribution in [0.2, 0.25) is 0 Å². The number of fused-ring (bicyclic) bond motifs is 12. The van der Waals surface area contributed by atoms with E-state index in [1.807, 2.05) is 206 Å². The summed E-state index contributed by atoms with van der Waals surface area (Å²) in [5, 5.41) is 17.0. The molecule has 0 aliphatic carbocycles. The fourth-order valence-electron chi connectivity index (χ4n) is 9.44. The van der Waals surface area contributed by atoms with Gasteiger partial charge in [-0.15, -0.1) is 0 Å². The van der Waals surface area contributed by atoms with Crippen LogP contribution in [0.1, 0.15) is 0 Å². The van der Waals surface area contributed by atoms with Crippen molar-refractivity contribution in [3.63, 3.8) is 0 Å². The van der Waals surface area contributed by atoms with Crippen LogP contribution in [-0.2, 0) is 65.4 Å². The molecule has 0 saturated heterocycles. The zero-order chi connectivity index (χ0) is 67.9. The zero-order valence-corrected chi connectivity index (χ0v) is 62.6. The normalized spacial score (nSPS) is 10.0. The van der Waals surface area contributed by atoms with Gasteiger partial charge in [-0.3, -0.25) is 45.1 Å². The second-order valence-corrected chi connectivity index (χ2v) is 22.6. The molecule has 12 aromatic heterocycles. The molecule has 21 aromatic rings. The van der Waals surface area contributed by atoms with E-state index in [4.69, 9.17) is 0 Å². The molecule has 0 saturated carbocycles. The van der Waals surface area contributed by atoms with Gasteiger partial charge in [-0.2, -0.15) is 8.75 Å². The summed E-state index contributed by atoms with van der Waals surface area (Å²) in [6.45, 7) is 0. The molecule has 0 spiro atoms. The third-order valence-corrected chi connectivity index (χ3v) is 16.0. The van der Waals surface area contributed by atoms with E-state index in [9.17, 15) is 0 Å². The van der Waals surface area contributed by atoms with Crippen molar-refractivity contribution in [1.82, 2.24) is 91.9 Å². The van der Waals surface area contributed by atoms with E-state index >= 15 is 0 Å². The van der Waals surface area contributed by atoms with Crippen molar-refractivity contribution in [2.45, 2.75) is 0 Å². The largest absolute Gasteiger partial charge is 0.264 e. The predicted octanol–water partition coefficient (Wildman–Crippen LogP) is 16.3. The first-order chi connectivity index (χ1) is 49.6. The van der Waals surface area contributed by atoms with E-state index in [1.165, 1.54) is 22.5 Å². The van der Waals surface area contributed by atoms with E-state index in [0.29, 0.717) is 0 Å². The number of para-hydroxylation sites is 6. The van der Waals surface area contributed by atoms with Gasteiger partial charge in [0.25, 0.3) is 0 Å². The first kappa shape index (κ1) is 73.6. The Labute approximate surface area is 645 Å². The van der Waals surface area contributed by atoms with Crippen molar-refractivity contribution in [1.29, 1.82) is 0 Å². The van der Waals surface area contributed by atoms with E-state index in [2.05, 4.69) is 165 Å². The number of hydrogen-bond donors (Lipinski definition) is 0. The van der Waals surface area contributed by atoms with Crippen LogP contribution >= 0.6 is 11.7 Å². The Bertz CT molecular complexity index is 5040. The van der Waals surface area contributed by atoms with Crippen molar-refractivity contribution in [2.24, 2.45) is 0 Å². The van der Waals surface area contributed by atoms with Crippen molar-refractivity contribution in [2.75, 3.05) is 0 Å². The number of aromatic nitrogens is 19. The molecule has 9 aromatic carbocycles. The quantitative estimate of drug-likeness (QED) is 0.0777. The molecule has 0 aliphatic heterocycles. The molecule has 102 heavy (non-hydrogen) atoms. The molecule has 23 heteroatoms. The minimum Gasteiger partial charge on any atom is -0.264 e. The molecule has 21 rings (SSSR count). The van der Waals surface area contributed by atoms with Gasteiger partial charge in [0, 0.05) is 137 Å². The van der Waals surface area contributed by atoms with Crippen LogP contribution in [0, 0.1) is 0 Å². The Morgan fingerprint density at radius 1 is 0.265 bits per heavy atom. The Balaban J connectivity index is 0.000000123. The van der Waals surface area contributed by atoms with Gasteiger partial charge in [0.15, 0.2) is 0 Å². The van der Waals surface area contributed by atoms with Crippen molar-refractivity contribution in [3.05, 3.63) is 347 Å². The average molecular weight is 1560 g/mol. The van der Waals surface area contributed by atoms with Gasteiger partial charge < -0.3 is 20.2 Å². The van der Waals surface area contributed by atoms with Crippen molar-refractivity contribution < 1.29 is 65.4 Å². The van der Waals surface area contributed by atoms with E-state index in [0.717, 1.165) is 110 Å². The zero-order valence-electron chi connectivity index (χ0n) is 54.4.